The van der Waals surface area contributed by atoms with Crippen LogP contribution in [0.4, 0.5) is 4.79 Å². The van der Waals surface area contributed by atoms with E-state index < -0.39 is 0 Å². The molecule has 1 saturated heterocycles. The fourth-order valence-electron chi connectivity index (χ4n) is 3.57. The van der Waals surface area contributed by atoms with Crippen molar-refractivity contribution in [1.82, 2.24) is 10.2 Å². The molecule has 114 valence electrons. The van der Waals surface area contributed by atoms with Gasteiger partial charge in [0.25, 0.3) is 0 Å². The number of aliphatic hydroxyl groups is 1. The Hall–Kier alpha value is -1.55. The van der Waals surface area contributed by atoms with Gasteiger partial charge in [0.05, 0.1) is 6.04 Å². The fourth-order valence-corrected chi connectivity index (χ4v) is 3.57. The molecule has 1 aliphatic heterocycles. The molecule has 0 radical (unpaired) electrons. The number of nitrogens with one attached hydrogen (secondary N) is 1. The zero-order valence-electron chi connectivity index (χ0n) is 12.8. The number of hydrogen-bond donors (Lipinski definition) is 2. The molecule has 0 saturated carbocycles. The van der Waals surface area contributed by atoms with Crippen LogP contribution in [0.25, 0.3) is 0 Å². The molecule has 1 fully saturated rings. The third kappa shape index (κ3) is 2.77. The zero-order valence-corrected chi connectivity index (χ0v) is 12.8. The summed E-state index contributed by atoms with van der Waals surface area (Å²) in [5.41, 5.74) is 3.87. The topological polar surface area (TPSA) is 52.6 Å². The molecule has 4 heteroatoms. The highest BCUT2D eigenvalue weighted by molar-refractivity contribution is 5.75. The number of fused-ring (bicyclic) bond motifs is 1. The SMILES string of the molecule is Cc1ccc2c(c1)C(NC(=O)N1CCC(CO)C1)C(C)C2. The van der Waals surface area contributed by atoms with Crippen molar-refractivity contribution in [2.45, 2.75) is 32.7 Å². The van der Waals surface area contributed by atoms with Crippen molar-refractivity contribution in [3.05, 3.63) is 34.9 Å². The lowest BCUT2D eigenvalue weighted by Gasteiger charge is -2.24. The van der Waals surface area contributed by atoms with Gasteiger partial charge in [-0.15, -0.1) is 0 Å². The molecule has 2 N–H and O–H groups in total. The minimum Gasteiger partial charge on any atom is -0.396 e. The molecule has 1 aromatic carbocycles. The molecule has 2 aliphatic rings. The molecule has 3 unspecified atom stereocenters. The van der Waals surface area contributed by atoms with Gasteiger partial charge in [0.1, 0.15) is 0 Å². The predicted molar refractivity (Wildman–Crippen MR) is 82.1 cm³/mol. The Morgan fingerprint density at radius 2 is 2.29 bits per heavy atom. The van der Waals surface area contributed by atoms with E-state index in [0.29, 0.717) is 12.5 Å². The molecule has 0 aromatic heterocycles. The second-order valence-electron chi connectivity index (χ2n) is 6.59. The minimum absolute atomic E-state index is 0.0113. The molecule has 0 bridgehead atoms. The number of likely N-dealkylation sites (tertiary alicyclic amines) is 1. The van der Waals surface area contributed by atoms with Crippen molar-refractivity contribution in [2.24, 2.45) is 11.8 Å². The second kappa shape index (κ2) is 5.68. The van der Waals surface area contributed by atoms with Gasteiger partial charge >= 0.3 is 6.03 Å². The zero-order chi connectivity index (χ0) is 15.0. The van der Waals surface area contributed by atoms with Crippen molar-refractivity contribution in [1.29, 1.82) is 0 Å². The van der Waals surface area contributed by atoms with E-state index in [0.717, 1.165) is 19.4 Å². The van der Waals surface area contributed by atoms with E-state index in [1.165, 1.54) is 16.7 Å². The maximum absolute atomic E-state index is 12.4. The van der Waals surface area contributed by atoms with E-state index in [2.05, 4.69) is 37.4 Å². The van der Waals surface area contributed by atoms with E-state index in [4.69, 9.17) is 0 Å². The lowest BCUT2D eigenvalue weighted by molar-refractivity contribution is 0.192. The normalized spacial score (nSPS) is 27.8. The summed E-state index contributed by atoms with van der Waals surface area (Å²) in [4.78, 5) is 14.3. The number of urea groups is 1. The summed E-state index contributed by atoms with van der Waals surface area (Å²) in [7, 11) is 0. The van der Waals surface area contributed by atoms with E-state index in [-0.39, 0.29) is 24.6 Å². The number of nitrogens with zero attached hydrogens (tertiary/aromatic N) is 1. The standard InChI is InChI=1S/C17H24N2O2/c1-11-3-4-14-8-12(2)16(15(14)7-11)18-17(21)19-6-5-13(9-19)10-20/h3-4,7,12-13,16,20H,5-6,8-10H2,1-2H3,(H,18,21). The molecule has 4 nitrogen and oxygen atoms in total. The highest BCUT2D eigenvalue weighted by Crippen LogP contribution is 2.36. The highest BCUT2D eigenvalue weighted by atomic mass is 16.3. The van der Waals surface area contributed by atoms with Crippen molar-refractivity contribution >= 4 is 6.03 Å². The van der Waals surface area contributed by atoms with Gasteiger partial charge in [-0.05, 0) is 36.8 Å². The Kier molecular flexibility index (Phi) is 3.89. The van der Waals surface area contributed by atoms with Crippen molar-refractivity contribution in [2.75, 3.05) is 19.7 Å². The van der Waals surface area contributed by atoms with E-state index in [1.54, 1.807) is 0 Å². The highest BCUT2D eigenvalue weighted by Gasteiger charge is 2.33. The Morgan fingerprint density at radius 1 is 1.48 bits per heavy atom. The average Bonchev–Trinajstić information content (AvgIpc) is 3.05. The smallest absolute Gasteiger partial charge is 0.317 e. The van der Waals surface area contributed by atoms with Crippen LogP contribution in [0.3, 0.4) is 0 Å². The van der Waals surface area contributed by atoms with Crippen LogP contribution in [-0.2, 0) is 6.42 Å². The Morgan fingerprint density at radius 3 is 3.00 bits per heavy atom. The van der Waals surface area contributed by atoms with Crippen molar-refractivity contribution < 1.29 is 9.90 Å². The molecular formula is C17H24N2O2. The first-order valence-electron chi connectivity index (χ1n) is 7.84. The van der Waals surface area contributed by atoms with Gasteiger partial charge < -0.3 is 15.3 Å². The van der Waals surface area contributed by atoms with Crippen LogP contribution in [0, 0.1) is 18.8 Å². The van der Waals surface area contributed by atoms with Gasteiger partial charge in [-0.1, -0.05) is 30.7 Å². The van der Waals surface area contributed by atoms with Gasteiger partial charge in [-0.2, -0.15) is 0 Å². The Balaban J connectivity index is 1.71. The number of aryl methyl sites for hydroxylation is 1. The Labute approximate surface area is 126 Å². The average molecular weight is 288 g/mol. The first kappa shape index (κ1) is 14.4. The van der Waals surface area contributed by atoms with Gasteiger partial charge in [0.2, 0.25) is 0 Å². The number of aliphatic hydroxyl groups excluding tert-OH is 1. The third-order valence-electron chi connectivity index (χ3n) is 4.86. The Bertz CT molecular complexity index is 544. The fraction of sp³-hybridized carbons (Fsp3) is 0.588. The molecule has 0 spiro atoms. The molecule has 21 heavy (non-hydrogen) atoms. The van der Waals surface area contributed by atoms with Crippen molar-refractivity contribution in [3.8, 4) is 0 Å². The quantitative estimate of drug-likeness (QED) is 0.877. The van der Waals surface area contributed by atoms with Crippen LogP contribution in [0.2, 0.25) is 0 Å². The van der Waals surface area contributed by atoms with E-state index >= 15 is 0 Å². The minimum atomic E-state index is 0.0113. The monoisotopic (exact) mass is 288 g/mol. The molecule has 2 amide bonds. The van der Waals surface area contributed by atoms with Crippen molar-refractivity contribution in [3.63, 3.8) is 0 Å². The summed E-state index contributed by atoms with van der Waals surface area (Å²) in [6.45, 7) is 5.88. The van der Waals surface area contributed by atoms with E-state index in [1.807, 2.05) is 4.90 Å². The predicted octanol–water partition coefficient (Wildman–Crippen LogP) is 2.25. The summed E-state index contributed by atoms with van der Waals surface area (Å²) in [6, 6.07) is 6.65. The maximum Gasteiger partial charge on any atom is 0.317 e. The van der Waals surface area contributed by atoms with Crippen LogP contribution in [0.15, 0.2) is 18.2 Å². The molecule has 1 aliphatic carbocycles. The molecule has 3 atom stereocenters. The van der Waals surface area contributed by atoms with Gasteiger partial charge in [-0.3, -0.25) is 0 Å². The second-order valence-corrected chi connectivity index (χ2v) is 6.59. The van der Waals surface area contributed by atoms with Crippen LogP contribution < -0.4 is 5.32 Å². The van der Waals surface area contributed by atoms with Gasteiger partial charge in [0.15, 0.2) is 0 Å². The number of carbonyl (C=O) groups is 1. The summed E-state index contributed by atoms with van der Waals surface area (Å²) >= 11 is 0. The number of amides is 2. The molecule has 1 heterocycles. The number of rotatable bonds is 2. The number of carbonyl (C=O) groups excluding carboxylic acids is 1. The van der Waals surface area contributed by atoms with Crippen LogP contribution >= 0.6 is 0 Å². The van der Waals surface area contributed by atoms with Gasteiger partial charge in [0, 0.05) is 25.6 Å². The lowest BCUT2D eigenvalue weighted by Crippen LogP contribution is -2.41. The summed E-state index contributed by atoms with van der Waals surface area (Å²) < 4.78 is 0. The first-order chi connectivity index (χ1) is 10.1. The maximum atomic E-state index is 12.4. The largest absolute Gasteiger partial charge is 0.396 e. The molecular weight excluding hydrogens is 264 g/mol. The molecule has 3 rings (SSSR count). The van der Waals surface area contributed by atoms with Crippen LogP contribution in [0.1, 0.15) is 36.1 Å². The summed E-state index contributed by atoms with van der Waals surface area (Å²) in [5.74, 6) is 0.674. The van der Waals surface area contributed by atoms with Crippen LogP contribution in [-0.4, -0.2) is 35.7 Å². The first-order valence-corrected chi connectivity index (χ1v) is 7.84. The molecule has 1 aromatic rings. The number of hydrogen-bond acceptors (Lipinski definition) is 2. The van der Waals surface area contributed by atoms with Crippen LogP contribution in [0.5, 0.6) is 0 Å². The van der Waals surface area contributed by atoms with E-state index in [9.17, 15) is 9.90 Å². The van der Waals surface area contributed by atoms with Gasteiger partial charge in [-0.25, -0.2) is 4.79 Å². The summed E-state index contributed by atoms with van der Waals surface area (Å²) in [5, 5.41) is 12.4. The summed E-state index contributed by atoms with van der Waals surface area (Å²) in [6.07, 6.45) is 1.93. The number of benzene rings is 1. The lowest BCUT2D eigenvalue weighted by atomic mass is 10.0. The third-order valence-corrected chi connectivity index (χ3v) is 4.86.